The minimum absolute atomic E-state index is 0.00745. The third-order valence-electron chi connectivity index (χ3n) is 4.31. The van der Waals surface area contributed by atoms with Gasteiger partial charge in [-0.1, -0.05) is 43.3 Å². The van der Waals surface area contributed by atoms with Crippen LogP contribution in [0.4, 0.5) is 0 Å². The van der Waals surface area contributed by atoms with Crippen molar-refractivity contribution < 1.29 is 19.1 Å². The Morgan fingerprint density at radius 1 is 0.893 bits per heavy atom. The quantitative estimate of drug-likeness (QED) is 0.543. The average Bonchev–Trinajstić information content (AvgIpc) is 2.71. The number of hydrazine groups is 1. The van der Waals surface area contributed by atoms with Crippen LogP contribution in [0.1, 0.15) is 46.8 Å². The van der Waals surface area contributed by atoms with Gasteiger partial charge in [0.15, 0.2) is 12.4 Å². The number of aryl methyl sites for hydroxylation is 3. The van der Waals surface area contributed by atoms with E-state index in [9.17, 15) is 14.4 Å². The Kier molecular flexibility index (Phi) is 7.75. The lowest BCUT2D eigenvalue weighted by atomic mass is 10.0. The third kappa shape index (κ3) is 6.54. The van der Waals surface area contributed by atoms with Crippen LogP contribution in [0.25, 0.3) is 0 Å². The summed E-state index contributed by atoms with van der Waals surface area (Å²) in [5, 5.41) is 0. The molecule has 0 heterocycles. The van der Waals surface area contributed by atoms with Crippen LogP contribution < -0.4 is 15.6 Å². The minimum Gasteiger partial charge on any atom is -0.483 e. The molecule has 0 spiro atoms. The summed E-state index contributed by atoms with van der Waals surface area (Å²) < 4.78 is 5.47. The summed E-state index contributed by atoms with van der Waals surface area (Å²) in [6, 6.07) is 13.1. The first-order chi connectivity index (χ1) is 13.4. The van der Waals surface area contributed by atoms with Gasteiger partial charge >= 0.3 is 0 Å². The minimum atomic E-state index is -0.476. The molecule has 0 saturated carbocycles. The van der Waals surface area contributed by atoms with E-state index in [4.69, 9.17) is 4.74 Å². The van der Waals surface area contributed by atoms with Crippen LogP contribution >= 0.6 is 0 Å². The number of amides is 2. The molecule has 0 atom stereocenters. The molecule has 0 aliphatic rings. The van der Waals surface area contributed by atoms with Gasteiger partial charge in [0.25, 0.3) is 5.91 Å². The topological polar surface area (TPSA) is 84.5 Å². The van der Waals surface area contributed by atoms with Crippen LogP contribution in [0.5, 0.6) is 5.75 Å². The van der Waals surface area contributed by atoms with Gasteiger partial charge in [0.05, 0.1) is 0 Å². The maximum atomic E-state index is 12.1. The van der Waals surface area contributed by atoms with Crippen LogP contribution in [-0.2, 0) is 16.0 Å². The number of ether oxygens (including phenoxy) is 1. The summed E-state index contributed by atoms with van der Waals surface area (Å²) in [6.45, 7) is 5.66. The molecule has 6 heteroatoms. The fraction of sp³-hybridized carbons (Fsp3) is 0.318. The summed E-state index contributed by atoms with van der Waals surface area (Å²) in [4.78, 5) is 35.8. The van der Waals surface area contributed by atoms with E-state index in [-0.39, 0.29) is 25.2 Å². The molecule has 0 unspecified atom stereocenters. The molecular weight excluding hydrogens is 356 g/mol. The number of hydrogen-bond donors (Lipinski definition) is 2. The highest BCUT2D eigenvalue weighted by atomic mass is 16.5. The maximum absolute atomic E-state index is 12.1. The van der Waals surface area contributed by atoms with Crippen LogP contribution in [0.2, 0.25) is 0 Å². The Bertz CT molecular complexity index is 844. The number of Topliss-reactive ketones (excluding diaryl/α,β-unsaturated/α-hetero) is 1. The molecule has 0 aliphatic heterocycles. The molecule has 2 rings (SSSR count). The molecule has 0 bridgehead atoms. The fourth-order valence-electron chi connectivity index (χ4n) is 2.54. The van der Waals surface area contributed by atoms with E-state index < -0.39 is 11.8 Å². The molecule has 28 heavy (non-hydrogen) atoms. The van der Waals surface area contributed by atoms with E-state index in [0.29, 0.717) is 11.3 Å². The monoisotopic (exact) mass is 382 g/mol. The van der Waals surface area contributed by atoms with Gasteiger partial charge in [0.2, 0.25) is 5.91 Å². The Labute approximate surface area is 165 Å². The van der Waals surface area contributed by atoms with E-state index in [1.165, 1.54) is 0 Å². The second-order valence-corrected chi connectivity index (χ2v) is 6.63. The van der Waals surface area contributed by atoms with Gasteiger partial charge in [-0.05, 0) is 43.0 Å². The van der Waals surface area contributed by atoms with Crippen molar-refractivity contribution in [3.63, 3.8) is 0 Å². The SMILES string of the molecule is CCc1ccc(C(=O)CCC(=O)NNC(=O)COc2cc(C)ccc2C)cc1. The van der Waals surface area contributed by atoms with E-state index in [0.717, 1.165) is 23.1 Å². The van der Waals surface area contributed by atoms with Crippen molar-refractivity contribution in [3.8, 4) is 5.75 Å². The van der Waals surface area contributed by atoms with Crippen LogP contribution in [-0.4, -0.2) is 24.2 Å². The van der Waals surface area contributed by atoms with Crippen LogP contribution in [0.15, 0.2) is 42.5 Å². The van der Waals surface area contributed by atoms with E-state index in [1.54, 1.807) is 12.1 Å². The molecule has 148 valence electrons. The van der Waals surface area contributed by atoms with Gasteiger partial charge in [0, 0.05) is 18.4 Å². The van der Waals surface area contributed by atoms with Crippen molar-refractivity contribution in [2.75, 3.05) is 6.61 Å². The number of hydrogen-bond acceptors (Lipinski definition) is 4. The van der Waals surface area contributed by atoms with Gasteiger partial charge in [-0.3, -0.25) is 25.2 Å². The zero-order valence-corrected chi connectivity index (χ0v) is 16.5. The van der Waals surface area contributed by atoms with Gasteiger partial charge in [-0.15, -0.1) is 0 Å². The van der Waals surface area contributed by atoms with Gasteiger partial charge in [0.1, 0.15) is 5.75 Å². The number of ketones is 1. The van der Waals surface area contributed by atoms with Gasteiger partial charge < -0.3 is 4.74 Å². The number of rotatable bonds is 8. The predicted molar refractivity (Wildman–Crippen MR) is 107 cm³/mol. The molecule has 0 aliphatic carbocycles. The highest BCUT2D eigenvalue weighted by Gasteiger charge is 2.11. The number of carbonyl (C=O) groups is 3. The maximum Gasteiger partial charge on any atom is 0.276 e. The van der Waals surface area contributed by atoms with Crippen LogP contribution in [0.3, 0.4) is 0 Å². The molecular formula is C22H26N2O4. The predicted octanol–water partition coefficient (Wildman–Crippen LogP) is 3.06. The zero-order valence-electron chi connectivity index (χ0n) is 16.5. The molecule has 2 aromatic rings. The molecule has 2 N–H and O–H groups in total. The van der Waals surface area contributed by atoms with Crippen molar-refractivity contribution in [2.45, 2.75) is 40.0 Å². The first-order valence-electron chi connectivity index (χ1n) is 9.29. The molecule has 0 fully saturated rings. The second kappa shape index (κ2) is 10.3. The number of benzene rings is 2. The van der Waals surface area contributed by atoms with Crippen molar-refractivity contribution in [1.29, 1.82) is 0 Å². The van der Waals surface area contributed by atoms with Crippen molar-refractivity contribution in [3.05, 3.63) is 64.7 Å². The Morgan fingerprint density at radius 3 is 2.25 bits per heavy atom. The largest absolute Gasteiger partial charge is 0.483 e. The normalized spacial score (nSPS) is 10.2. The highest BCUT2D eigenvalue weighted by molar-refractivity contribution is 5.98. The lowest BCUT2D eigenvalue weighted by Crippen LogP contribution is -2.43. The van der Waals surface area contributed by atoms with Crippen molar-refractivity contribution >= 4 is 17.6 Å². The third-order valence-corrected chi connectivity index (χ3v) is 4.31. The summed E-state index contributed by atoms with van der Waals surface area (Å²) in [5.41, 5.74) is 8.28. The Hall–Kier alpha value is -3.15. The fourth-order valence-corrected chi connectivity index (χ4v) is 2.54. The number of carbonyl (C=O) groups excluding carboxylic acids is 3. The molecule has 0 radical (unpaired) electrons. The molecule has 2 aromatic carbocycles. The Balaban J connectivity index is 1.70. The van der Waals surface area contributed by atoms with E-state index in [1.807, 2.05) is 51.1 Å². The van der Waals surface area contributed by atoms with E-state index >= 15 is 0 Å². The molecule has 0 saturated heterocycles. The zero-order chi connectivity index (χ0) is 20.5. The average molecular weight is 382 g/mol. The second-order valence-electron chi connectivity index (χ2n) is 6.63. The van der Waals surface area contributed by atoms with Crippen molar-refractivity contribution in [1.82, 2.24) is 10.9 Å². The summed E-state index contributed by atoms with van der Waals surface area (Å²) >= 11 is 0. The van der Waals surface area contributed by atoms with Gasteiger partial charge in [-0.25, -0.2) is 0 Å². The first kappa shape index (κ1) is 21.2. The molecule has 6 nitrogen and oxygen atoms in total. The number of nitrogens with one attached hydrogen (secondary N) is 2. The summed E-state index contributed by atoms with van der Waals surface area (Å²) in [6.07, 6.45) is 0.975. The summed E-state index contributed by atoms with van der Waals surface area (Å²) in [5.74, 6) is -0.391. The smallest absolute Gasteiger partial charge is 0.276 e. The molecule has 2 amide bonds. The standard InChI is InChI=1S/C22H26N2O4/c1-4-17-7-9-18(10-8-17)19(25)11-12-21(26)23-24-22(27)14-28-20-13-15(2)5-6-16(20)3/h5-10,13H,4,11-12,14H2,1-3H3,(H,23,26)(H,24,27). The van der Waals surface area contributed by atoms with Gasteiger partial charge in [-0.2, -0.15) is 0 Å². The highest BCUT2D eigenvalue weighted by Crippen LogP contribution is 2.18. The lowest BCUT2D eigenvalue weighted by Gasteiger charge is -2.11. The lowest BCUT2D eigenvalue weighted by molar-refractivity contribution is -0.130. The van der Waals surface area contributed by atoms with Crippen LogP contribution in [0, 0.1) is 13.8 Å². The first-order valence-corrected chi connectivity index (χ1v) is 9.29. The van der Waals surface area contributed by atoms with Crippen molar-refractivity contribution in [2.24, 2.45) is 0 Å². The molecule has 0 aromatic heterocycles. The Morgan fingerprint density at radius 2 is 1.57 bits per heavy atom. The summed E-state index contributed by atoms with van der Waals surface area (Å²) in [7, 11) is 0. The van der Waals surface area contributed by atoms with E-state index in [2.05, 4.69) is 10.9 Å².